The fourth-order valence-electron chi connectivity index (χ4n) is 1.59. The second-order valence-corrected chi connectivity index (χ2v) is 4.54. The van der Waals surface area contributed by atoms with Crippen molar-refractivity contribution in [2.75, 3.05) is 11.9 Å². The summed E-state index contributed by atoms with van der Waals surface area (Å²) in [6, 6.07) is 9.51. The molecule has 1 heterocycles. The van der Waals surface area contributed by atoms with E-state index in [2.05, 4.69) is 20.3 Å². The first-order valence-electron chi connectivity index (χ1n) is 6.44. The number of aryl methyl sites for hydroxylation is 1. The lowest BCUT2D eigenvalue weighted by Gasteiger charge is -2.11. The Bertz CT molecular complexity index is 554. The molecule has 0 radical (unpaired) electrons. The number of hydrogen-bond donors (Lipinski definition) is 1. The Morgan fingerprint density at radius 1 is 1.35 bits per heavy atom. The van der Waals surface area contributed by atoms with Gasteiger partial charge in [-0.1, -0.05) is 30.3 Å². The van der Waals surface area contributed by atoms with E-state index in [1.54, 1.807) is 6.92 Å². The molecule has 0 aliphatic heterocycles. The molecule has 1 atom stereocenters. The maximum Gasteiger partial charge on any atom is 0.228 e. The zero-order valence-corrected chi connectivity index (χ0v) is 11.5. The van der Waals surface area contributed by atoms with Crippen LogP contribution < -0.4 is 10.1 Å². The Labute approximate surface area is 117 Å². The third kappa shape index (κ3) is 3.81. The van der Waals surface area contributed by atoms with Crippen molar-refractivity contribution in [3.63, 3.8) is 0 Å². The Balaban J connectivity index is 1.76. The molecule has 1 N–H and O–H groups in total. The summed E-state index contributed by atoms with van der Waals surface area (Å²) in [7, 11) is 0. The van der Waals surface area contributed by atoms with Crippen LogP contribution in [0.2, 0.25) is 0 Å². The number of aromatic nitrogens is 2. The monoisotopic (exact) mass is 275 g/mol. The van der Waals surface area contributed by atoms with Gasteiger partial charge in [0.2, 0.25) is 5.91 Å². The molecule has 0 saturated heterocycles. The van der Waals surface area contributed by atoms with Crippen molar-refractivity contribution in [3.05, 3.63) is 36.0 Å². The number of carbonyl (C=O) groups is 1. The number of anilines is 1. The van der Waals surface area contributed by atoms with E-state index in [-0.39, 0.29) is 11.8 Å². The van der Waals surface area contributed by atoms with Crippen molar-refractivity contribution < 1.29 is 14.2 Å². The van der Waals surface area contributed by atoms with Crippen molar-refractivity contribution in [1.82, 2.24) is 10.3 Å². The summed E-state index contributed by atoms with van der Waals surface area (Å²) in [6.07, 6.45) is 0.616. The van der Waals surface area contributed by atoms with Gasteiger partial charge in [0.05, 0.1) is 6.61 Å². The smallest absolute Gasteiger partial charge is 0.228 e. The number of nitrogens with one attached hydrogen (secondary N) is 1. The first kappa shape index (κ1) is 14.0. The van der Waals surface area contributed by atoms with Crippen LogP contribution >= 0.6 is 0 Å². The van der Waals surface area contributed by atoms with Gasteiger partial charge in [0.15, 0.2) is 5.82 Å². The summed E-state index contributed by atoms with van der Waals surface area (Å²) >= 11 is 0. The van der Waals surface area contributed by atoms with Crippen LogP contribution in [-0.2, 0) is 4.79 Å². The zero-order valence-electron chi connectivity index (χ0n) is 11.5. The highest BCUT2D eigenvalue weighted by molar-refractivity contribution is 5.91. The fourth-order valence-corrected chi connectivity index (χ4v) is 1.59. The number of nitrogens with zero attached hydrogens (tertiary/aromatic N) is 2. The van der Waals surface area contributed by atoms with Crippen LogP contribution in [0.5, 0.6) is 5.75 Å². The second kappa shape index (κ2) is 6.70. The molecule has 0 aliphatic carbocycles. The van der Waals surface area contributed by atoms with Gasteiger partial charge in [0, 0.05) is 5.92 Å². The molecule has 20 heavy (non-hydrogen) atoms. The topological polar surface area (TPSA) is 77.3 Å². The summed E-state index contributed by atoms with van der Waals surface area (Å²) in [6.45, 7) is 4.04. The van der Waals surface area contributed by atoms with E-state index < -0.39 is 0 Å². The quantitative estimate of drug-likeness (QED) is 0.876. The van der Waals surface area contributed by atoms with Crippen LogP contribution in [0.25, 0.3) is 0 Å². The summed E-state index contributed by atoms with van der Waals surface area (Å²) in [5.74, 6) is 0.859. The average molecular weight is 275 g/mol. The molecule has 0 spiro atoms. The van der Waals surface area contributed by atoms with Gasteiger partial charge in [-0.3, -0.25) is 4.79 Å². The SMILES string of the molecule is Cc1nonc1NC(=O)C(C)CCOc1ccccc1. The molecule has 6 nitrogen and oxygen atoms in total. The van der Waals surface area contributed by atoms with E-state index in [0.29, 0.717) is 24.5 Å². The normalized spacial score (nSPS) is 11.9. The van der Waals surface area contributed by atoms with Crippen molar-refractivity contribution in [2.45, 2.75) is 20.3 Å². The lowest BCUT2D eigenvalue weighted by molar-refractivity contribution is -0.119. The van der Waals surface area contributed by atoms with Crippen LogP contribution in [-0.4, -0.2) is 22.8 Å². The van der Waals surface area contributed by atoms with Gasteiger partial charge in [-0.05, 0) is 30.6 Å². The summed E-state index contributed by atoms with van der Waals surface area (Å²) < 4.78 is 10.1. The second-order valence-electron chi connectivity index (χ2n) is 4.54. The number of benzene rings is 1. The molecule has 1 unspecified atom stereocenters. The maximum atomic E-state index is 11.9. The van der Waals surface area contributed by atoms with Crippen LogP contribution in [0.15, 0.2) is 35.0 Å². The minimum Gasteiger partial charge on any atom is -0.494 e. The van der Waals surface area contributed by atoms with Crippen LogP contribution in [0.4, 0.5) is 5.82 Å². The van der Waals surface area contributed by atoms with E-state index >= 15 is 0 Å². The van der Waals surface area contributed by atoms with Gasteiger partial charge in [-0.2, -0.15) is 0 Å². The van der Waals surface area contributed by atoms with Gasteiger partial charge in [-0.15, -0.1) is 0 Å². The molecule has 0 aliphatic rings. The highest BCUT2D eigenvalue weighted by Crippen LogP contribution is 2.13. The molecular weight excluding hydrogens is 258 g/mol. The van der Waals surface area contributed by atoms with E-state index in [9.17, 15) is 4.79 Å². The number of rotatable bonds is 6. The van der Waals surface area contributed by atoms with E-state index in [4.69, 9.17) is 4.74 Å². The highest BCUT2D eigenvalue weighted by atomic mass is 16.6. The molecule has 6 heteroatoms. The Morgan fingerprint density at radius 3 is 2.75 bits per heavy atom. The van der Waals surface area contributed by atoms with Gasteiger partial charge >= 0.3 is 0 Å². The highest BCUT2D eigenvalue weighted by Gasteiger charge is 2.16. The number of carbonyl (C=O) groups excluding carboxylic acids is 1. The maximum absolute atomic E-state index is 11.9. The van der Waals surface area contributed by atoms with E-state index in [1.807, 2.05) is 37.3 Å². The molecule has 2 rings (SSSR count). The number of para-hydroxylation sites is 1. The van der Waals surface area contributed by atoms with Crippen molar-refractivity contribution in [1.29, 1.82) is 0 Å². The lowest BCUT2D eigenvalue weighted by Crippen LogP contribution is -2.22. The molecule has 1 aromatic heterocycles. The largest absolute Gasteiger partial charge is 0.494 e. The number of ether oxygens (including phenoxy) is 1. The van der Waals surface area contributed by atoms with Crippen molar-refractivity contribution in [3.8, 4) is 5.75 Å². The first-order chi connectivity index (χ1) is 9.66. The molecule has 1 aromatic carbocycles. The number of amides is 1. The number of hydrogen-bond acceptors (Lipinski definition) is 5. The summed E-state index contributed by atoms with van der Waals surface area (Å²) in [5.41, 5.74) is 0.561. The third-order valence-electron chi connectivity index (χ3n) is 2.90. The van der Waals surface area contributed by atoms with Gasteiger partial charge in [-0.25, -0.2) is 4.63 Å². The molecular formula is C14H17N3O3. The van der Waals surface area contributed by atoms with Crippen molar-refractivity contribution >= 4 is 11.7 Å². The lowest BCUT2D eigenvalue weighted by atomic mass is 10.1. The first-order valence-corrected chi connectivity index (χ1v) is 6.44. The van der Waals surface area contributed by atoms with Gasteiger partial charge in [0.25, 0.3) is 0 Å². The van der Waals surface area contributed by atoms with Crippen LogP contribution in [0.3, 0.4) is 0 Å². The van der Waals surface area contributed by atoms with E-state index in [0.717, 1.165) is 5.75 Å². The van der Waals surface area contributed by atoms with E-state index in [1.165, 1.54) is 0 Å². The van der Waals surface area contributed by atoms with Crippen molar-refractivity contribution in [2.24, 2.45) is 5.92 Å². The van der Waals surface area contributed by atoms with Gasteiger partial charge in [0.1, 0.15) is 11.4 Å². The minimum atomic E-state index is -0.185. The third-order valence-corrected chi connectivity index (χ3v) is 2.90. The Morgan fingerprint density at radius 2 is 2.10 bits per heavy atom. The Kier molecular flexibility index (Phi) is 4.70. The molecule has 2 aromatic rings. The average Bonchev–Trinajstić information content (AvgIpc) is 2.85. The molecule has 0 fully saturated rings. The Hall–Kier alpha value is -2.37. The molecule has 0 saturated carbocycles. The predicted molar refractivity (Wildman–Crippen MR) is 73.4 cm³/mol. The molecule has 0 bridgehead atoms. The van der Waals surface area contributed by atoms with Gasteiger partial charge < -0.3 is 10.1 Å². The summed E-state index contributed by atoms with van der Waals surface area (Å²) in [4.78, 5) is 11.9. The van der Waals surface area contributed by atoms with Crippen LogP contribution in [0, 0.1) is 12.8 Å². The summed E-state index contributed by atoms with van der Waals surface area (Å²) in [5, 5.41) is 9.90. The zero-order chi connectivity index (χ0) is 14.4. The predicted octanol–water partition coefficient (Wildman–Crippen LogP) is 2.42. The molecule has 106 valence electrons. The fraction of sp³-hybridized carbons (Fsp3) is 0.357. The molecule has 1 amide bonds. The van der Waals surface area contributed by atoms with Crippen LogP contribution in [0.1, 0.15) is 19.0 Å². The standard InChI is InChI=1S/C14H17N3O3/c1-10(8-9-19-12-6-4-3-5-7-12)14(18)15-13-11(2)16-20-17-13/h3-7,10H,8-9H2,1-2H3,(H,15,17,18). The minimum absolute atomic E-state index is 0.125.